The van der Waals surface area contributed by atoms with Crippen molar-refractivity contribution in [2.75, 3.05) is 11.1 Å². The molecule has 18 heavy (non-hydrogen) atoms. The summed E-state index contributed by atoms with van der Waals surface area (Å²) < 4.78 is 3.32. The van der Waals surface area contributed by atoms with E-state index in [0.29, 0.717) is 17.4 Å². The van der Waals surface area contributed by atoms with Gasteiger partial charge in [0.25, 0.3) is 0 Å². The molecule has 92 valence electrons. The van der Waals surface area contributed by atoms with E-state index in [4.69, 9.17) is 5.73 Å². The highest BCUT2D eigenvalue weighted by atomic mass is 15.3. The van der Waals surface area contributed by atoms with Crippen molar-refractivity contribution in [2.45, 2.75) is 0 Å². The van der Waals surface area contributed by atoms with Crippen molar-refractivity contribution in [3.63, 3.8) is 0 Å². The lowest BCUT2D eigenvalue weighted by Gasteiger charge is -2.01. The molecular weight excluding hydrogens is 232 g/mol. The fourth-order valence-corrected chi connectivity index (χ4v) is 1.74. The highest BCUT2D eigenvalue weighted by Crippen LogP contribution is 2.19. The Labute approximate surface area is 102 Å². The maximum absolute atomic E-state index is 5.74. The average Bonchev–Trinajstić information content (AvgIpc) is 2.85. The maximum atomic E-state index is 5.74. The van der Waals surface area contributed by atoms with Crippen molar-refractivity contribution < 1.29 is 0 Å². The van der Waals surface area contributed by atoms with Crippen molar-refractivity contribution in [3.05, 3.63) is 18.6 Å². The molecule has 0 spiro atoms. The largest absolute Gasteiger partial charge is 0.382 e. The molecule has 3 N–H and O–H groups in total. The van der Waals surface area contributed by atoms with Gasteiger partial charge in [-0.15, -0.1) is 0 Å². The highest BCUT2D eigenvalue weighted by molar-refractivity contribution is 5.86. The van der Waals surface area contributed by atoms with Crippen molar-refractivity contribution in [1.82, 2.24) is 29.5 Å². The van der Waals surface area contributed by atoms with E-state index in [0.717, 1.165) is 11.1 Å². The molecule has 8 nitrogen and oxygen atoms in total. The Morgan fingerprint density at radius 2 is 2.11 bits per heavy atom. The fraction of sp³-hybridized carbons (Fsp3) is 0.200. The Morgan fingerprint density at radius 1 is 1.28 bits per heavy atom. The normalized spacial score (nSPS) is 11.0. The van der Waals surface area contributed by atoms with Gasteiger partial charge in [-0.25, -0.2) is 9.67 Å². The zero-order valence-corrected chi connectivity index (χ0v) is 9.99. The van der Waals surface area contributed by atoms with Gasteiger partial charge in [0.05, 0.1) is 17.3 Å². The van der Waals surface area contributed by atoms with Crippen LogP contribution in [0.3, 0.4) is 0 Å². The number of fused-ring (bicyclic) bond motifs is 1. The van der Waals surface area contributed by atoms with E-state index in [-0.39, 0.29) is 0 Å². The van der Waals surface area contributed by atoms with Crippen molar-refractivity contribution in [1.29, 1.82) is 0 Å². The minimum atomic E-state index is 0.431. The summed E-state index contributed by atoms with van der Waals surface area (Å²) in [7, 11) is 3.64. The lowest BCUT2D eigenvalue weighted by atomic mass is 10.4. The van der Waals surface area contributed by atoms with Crippen LogP contribution in [0.2, 0.25) is 0 Å². The number of hydrogen-bond donors (Lipinski definition) is 2. The molecule has 0 atom stereocenters. The Hall–Kier alpha value is -2.64. The number of rotatable bonds is 2. The molecular formula is C10H12N8. The van der Waals surface area contributed by atoms with Crippen molar-refractivity contribution >= 4 is 28.5 Å². The van der Waals surface area contributed by atoms with Gasteiger partial charge in [0.15, 0.2) is 11.5 Å². The Morgan fingerprint density at radius 3 is 2.83 bits per heavy atom. The Balaban J connectivity index is 2.00. The maximum Gasteiger partial charge on any atom is 0.229 e. The summed E-state index contributed by atoms with van der Waals surface area (Å²) in [6.07, 6.45) is 5.19. The van der Waals surface area contributed by atoms with Crippen molar-refractivity contribution in [2.24, 2.45) is 14.1 Å². The molecule has 0 fully saturated rings. The molecule has 0 bridgehead atoms. The Bertz CT molecular complexity index is 710. The van der Waals surface area contributed by atoms with E-state index in [2.05, 4.69) is 25.5 Å². The number of nitrogens with two attached hydrogens (primary N) is 1. The quantitative estimate of drug-likeness (QED) is 0.677. The second-order valence-corrected chi connectivity index (χ2v) is 3.97. The molecule has 0 aliphatic carbocycles. The molecule has 3 aromatic rings. The molecule has 0 saturated heterocycles. The van der Waals surface area contributed by atoms with Crippen LogP contribution in [0, 0.1) is 0 Å². The number of nitrogens with one attached hydrogen (secondary N) is 1. The van der Waals surface area contributed by atoms with E-state index in [1.165, 1.54) is 0 Å². The van der Waals surface area contributed by atoms with Gasteiger partial charge in [-0.3, -0.25) is 4.68 Å². The van der Waals surface area contributed by atoms with E-state index in [1.54, 1.807) is 28.8 Å². The first-order chi connectivity index (χ1) is 8.63. The lowest BCUT2D eigenvalue weighted by molar-refractivity contribution is 0.768. The van der Waals surface area contributed by atoms with Crippen LogP contribution in [0.1, 0.15) is 0 Å². The summed E-state index contributed by atoms with van der Waals surface area (Å²) in [5, 5.41) is 12.0. The smallest absolute Gasteiger partial charge is 0.229 e. The van der Waals surface area contributed by atoms with Crippen LogP contribution in [0.5, 0.6) is 0 Å². The molecule has 0 aliphatic heterocycles. The summed E-state index contributed by atoms with van der Waals surface area (Å²) in [5.74, 6) is 0.916. The van der Waals surface area contributed by atoms with Crippen LogP contribution in [0.4, 0.5) is 17.5 Å². The molecule has 3 rings (SSSR count). The topological polar surface area (TPSA) is 99.5 Å². The standard InChI is InChI=1S/C10H12N8/c1-17-5-6(3-13-17)14-10-12-4-7-8(11)16-18(2)9(7)15-10/h3-5H,1-2H3,(H2,11,16)(H,12,14,15). The van der Waals surface area contributed by atoms with Gasteiger partial charge in [0.1, 0.15) is 0 Å². The molecule has 0 amide bonds. The number of nitrogens with zero attached hydrogens (tertiary/aromatic N) is 6. The number of hydrogen-bond acceptors (Lipinski definition) is 6. The third-order valence-electron chi connectivity index (χ3n) is 2.57. The van der Waals surface area contributed by atoms with Gasteiger partial charge in [-0.1, -0.05) is 0 Å². The molecule has 0 unspecified atom stereocenters. The molecule has 0 aliphatic rings. The molecule has 3 aromatic heterocycles. The molecule has 0 radical (unpaired) electrons. The fourth-order valence-electron chi connectivity index (χ4n) is 1.74. The minimum Gasteiger partial charge on any atom is -0.382 e. The first-order valence-corrected chi connectivity index (χ1v) is 5.34. The second kappa shape index (κ2) is 3.69. The van der Waals surface area contributed by atoms with Gasteiger partial charge in [-0.05, 0) is 0 Å². The summed E-state index contributed by atoms with van der Waals surface area (Å²) >= 11 is 0. The summed E-state index contributed by atoms with van der Waals surface area (Å²) in [4.78, 5) is 8.55. The zero-order chi connectivity index (χ0) is 12.7. The molecule has 0 saturated carbocycles. The van der Waals surface area contributed by atoms with E-state index < -0.39 is 0 Å². The number of aryl methyl sites for hydroxylation is 2. The van der Waals surface area contributed by atoms with Crippen LogP contribution in [0.25, 0.3) is 11.0 Å². The first-order valence-electron chi connectivity index (χ1n) is 5.34. The van der Waals surface area contributed by atoms with Crippen LogP contribution < -0.4 is 11.1 Å². The number of aromatic nitrogens is 6. The van der Waals surface area contributed by atoms with Gasteiger partial charge in [0, 0.05) is 26.5 Å². The van der Waals surface area contributed by atoms with Crippen LogP contribution in [-0.2, 0) is 14.1 Å². The van der Waals surface area contributed by atoms with Crippen LogP contribution in [-0.4, -0.2) is 29.5 Å². The summed E-state index contributed by atoms with van der Waals surface area (Å²) in [6, 6.07) is 0. The first kappa shape index (κ1) is 10.5. The number of nitrogen functional groups attached to an aromatic ring is 1. The van der Waals surface area contributed by atoms with E-state index in [1.807, 2.05) is 13.2 Å². The van der Waals surface area contributed by atoms with Gasteiger partial charge in [-0.2, -0.15) is 15.2 Å². The molecule has 3 heterocycles. The highest BCUT2D eigenvalue weighted by Gasteiger charge is 2.09. The van der Waals surface area contributed by atoms with Gasteiger partial charge >= 0.3 is 0 Å². The molecule has 8 heteroatoms. The average molecular weight is 244 g/mol. The van der Waals surface area contributed by atoms with Crippen molar-refractivity contribution in [3.8, 4) is 0 Å². The number of anilines is 3. The van der Waals surface area contributed by atoms with Crippen LogP contribution in [0.15, 0.2) is 18.6 Å². The zero-order valence-electron chi connectivity index (χ0n) is 9.99. The summed E-state index contributed by atoms with van der Waals surface area (Å²) in [5.41, 5.74) is 7.25. The predicted octanol–water partition coefficient (Wildman–Crippen LogP) is 0.423. The third kappa shape index (κ3) is 1.63. The monoisotopic (exact) mass is 244 g/mol. The SMILES string of the molecule is Cn1cc(Nc2ncc3c(N)nn(C)c3n2)cn1. The summed E-state index contributed by atoms with van der Waals surface area (Å²) in [6.45, 7) is 0. The van der Waals surface area contributed by atoms with Gasteiger partial charge < -0.3 is 11.1 Å². The van der Waals surface area contributed by atoms with Gasteiger partial charge in [0.2, 0.25) is 5.95 Å². The predicted molar refractivity (Wildman–Crippen MR) is 67.2 cm³/mol. The molecule has 0 aromatic carbocycles. The third-order valence-corrected chi connectivity index (χ3v) is 2.57. The van der Waals surface area contributed by atoms with E-state index in [9.17, 15) is 0 Å². The van der Waals surface area contributed by atoms with Crippen LogP contribution >= 0.6 is 0 Å². The second-order valence-electron chi connectivity index (χ2n) is 3.97. The lowest BCUT2D eigenvalue weighted by Crippen LogP contribution is -1.98. The minimum absolute atomic E-state index is 0.431. The van der Waals surface area contributed by atoms with E-state index >= 15 is 0 Å². The Kier molecular flexibility index (Phi) is 2.15.